The average Bonchev–Trinajstić information content (AvgIpc) is 3.28. The predicted octanol–water partition coefficient (Wildman–Crippen LogP) is 1.80. The number of benzene rings is 1. The molecule has 7 nitrogen and oxygen atoms in total. The highest BCUT2D eigenvalue weighted by Crippen LogP contribution is 2.33. The van der Waals surface area contributed by atoms with Crippen molar-refractivity contribution in [3.63, 3.8) is 0 Å². The molecule has 2 unspecified atom stereocenters. The molecule has 0 spiro atoms. The lowest BCUT2D eigenvalue weighted by molar-refractivity contribution is -0.146. The summed E-state index contributed by atoms with van der Waals surface area (Å²) in [5.41, 5.74) is 2.03. The average molecular weight is 397 g/mol. The molecule has 0 aliphatic carbocycles. The summed E-state index contributed by atoms with van der Waals surface area (Å²) in [4.78, 5) is 42.9. The van der Waals surface area contributed by atoms with Gasteiger partial charge in [-0.25, -0.2) is 0 Å². The number of hydrogen-bond donors (Lipinski definition) is 0. The van der Waals surface area contributed by atoms with Gasteiger partial charge in [-0.2, -0.15) is 0 Å². The van der Waals surface area contributed by atoms with Crippen molar-refractivity contribution < 1.29 is 19.1 Å². The Morgan fingerprint density at radius 1 is 1.07 bits per heavy atom. The van der Waals surface area contributed by atoms with E-state index in [4.69, 9.17) is 4.74 Å². The largest absolute Gasteiger partial charge is 0.368 e. The number of carbonyl (C=O) groups is 3. The van der Waals surface area contributed by atoms with Gasteiger partial charge in [0.1, 0.15) is 6.10 Å². The van der Waals surface area contributed by atoms with Gasteiger partial charge >= 0.3 is 0 Å². The molecule has 0 N–H and O–H groups in total. The Bertz CT molecular complexity index is 823. The summed E-state index contributed by atoms with van der Waals surface area (Å²) in [6.07, 6.45) is 5.31. The van der Waals surface area contributed by atoms with Gasteiger partial charge in [-0.1, -0.05) is 24.3 Å². The molecule has 29 heavy (non-hydrogen) atoms. The fraction of sp³-hybridized carbons (Fsp3) is 0.500. The van der Waals surface area contributed by atoms with Crippen LogP contribution in [-0.4, -0.2) is 71.3 Å². The van der Waals surface area contributed by atoms with Gasteiger partial charge in [-0.15, -0.1) is 0 Å². The van der Waals surface area contributed by atoms with Crippen molar-refractivity contribution in [1.29, 1.82) is 0 Å². The van der Waals surface area contributed by atoms with Gasteiger partial charge in [-0.05, 0) is 30.0 Å². The summed E-state index contributed by atoms with van der Waals surface area (Å²) in [6, 6.07) is 7.56. The van der Waals surface area contributed by atoms with Crippen LogP contribution in [0, 0.1) is 0 Å². The van der Waals surface area contributed by atoms with Crippen molar-refractivity contribution in [1.82, 2.24) is 14.7 Å². The Balaban J connectivity index is 1.39. The molecule has 2 atom stereocenters. The molecule has 4 rings (SSSR count). The van der Waals surface area contributed by atoms with Crippen LogP contribution in [0.4, 0.5) is 0 Å². The smallest absolute Gasteiger partial charge is 0.251 e. The lowest BCUT2D eigenvalue weighted by Crippen LogP contribution is -2.53. The van der Waals surface area contributed by atoms with E-state index < -0.39 is 0 Å². The summed E-state index contributed by atoms with van der Waals surface area (Å²) in [5.74, 6) is -0.0280. The number of nitrogens with zero attached hydrogens (tertiary/aromatic N) is 3. The highest BCUT2D eigenvalue weighted by Gasteiger charge is 2.33. The van der Waals surface area contributed by atoms with Gasteiger partial charge in [0, 0.05) is 45.9 Å². The van der Waals surface area contributed by atoms with Gasteiger partial charge in [0.15, 0.2) is 0 Å². The molecule has 0 saturated carbocycles. The van der Waals surface area contributed by atoms with E-state index in [0.717, 1.165) is 24.0 Å². The maximum Gasteiger partial charge on any atom is 0.251 e. The summed E-state index contributed by atoms with van der Waals surface area (Å²) < 4.78 is 5.49. The number of piperazine rings is 1. The minimum Gasteiger partial charge on any atom is -0.368 e. The maximum absolute atomic E-state index is 13.0. The zero-order valence-electron chi connectivity index (χ0n) is 16.8. The van der Waals surface area contributed by atoms with Crippen LogP contribution in [0.2, 0.25) is 0 Å². The number of rotatable bonds is 3. The quantitative estimate of drug-likeness (QED) is 0.780. The van der Waals surface area contributed by atoms with E-state index in [9.17, 15) is 14.4 Å². The molecule has 0 aromatic heterocycles. The third-order valence-corrected chi connectivity index (χ3v) is 5.99. The third-order valence-electron chi connectivity index (χ3n) is 5.99. The Hall–Kier alpha value is -2.67. The van der Waals surface area contributed by atoms with E-state index in [1.807, 2.05) is 30.3 Å². The van der Waals surface area contributed by atoms with Crippen LogP contribution in [-0.2, 0) is 19.1 Å². The van der Waals surface area contributed by atoms with Gasteiger partial charge < -0.3 is 19.4 Å². The predicted molar refractivity (Wildman–Crippen MR) is 107 cm³/mol. The minimum atomic E-state index is -0.313. The number of ether oxygens (including phenoxy) is 1. The van der Waals surface area contributed by atoms with Gasteiger partial charge in [0.05, 0.1) is 12.5 Å². The van der Waals surface area contributed by atoms with Crippen LogP contribution in [0.1, 0.15) is 43.4 Å². The van der Waals surface area contributed by atoms with Crippen molar-refractivity contribution in [2.75, 3.05) is 32.8 Å². The molecular weight excluding hydrogens is 370 g/mol. The fourth-order valence-corrected chi connectivity index (χ4v) is 4.36. The molecule has 7 heteroatoms. The molecule has 2 fully saturated rings. The zero-order chi connectivity index (χ0) is 20.4. The molecular formula is C22H27N3O4. The molecule has 2 saturated heterocycles. The van der Waals surface area contributed by atoms with E-state index in [1.54, 1.807) is 20.9 Å². The highest BCUT2D eigenvalue weighted by atomic mass is 16.5. The van der Waals surface area contributed by atoms with Crippen LogP contribution in [0.3, 0.4) is 0 Å². The van der Waals surface area contributed by atoms with E-state index >= 15 is 0 Å². The van der Waals surface area contributed by atoms with Gasteiger partial charge in [-0.3, -0.25) is 14.4 Å². The normalized spacial score (nSPS) is 23.8. The zero-order valence-corrected chi connectivity index (χ0v) is 16.8. The van der Waals surface area contributed by atoms with Gasteiger partial charge in [0.25, 0.3) is 5.91 Å². The van der Waals surface area contributed by atoms with E-state index in [0.29, 0.717) is 32.8 Å². The van der Waals surface area contributed by atoms with Crippen molar-refractivity contribution in [3.8, 4) is 0 Å². The molecule has 154 valence electrons. The monoisotopic (exact) mass is 397 g/mol. The maximum atomic E-state index is 13.0. The fourth-order valence-electron chi connectivity index (χ4n) is 4.36. The van der Waals surface area contributed by atoms with Crippen LogP contribution in [0.15, 0.2) is 30.5 Å². The topological polar surface area (TPSA) is 70.2 Å². The van der Waals surface area contributed by atoms with Crippen molar-refractivity contribution in [3.05, 3.63) is 41.6 Å². The van der Waals surface area contributed by atoms with Crippen molar-refractivity contribution >= 4 is 23.8 Å². The Morgan fingerprint density at radius 3 is 2.48 bits per heavy atom. The first-order valence-electron chi connectivity index (χ1n) is 10.3. The highest BCUT2D eigenvalue weighted by molar-refractivity contribution is 5.83. The Morgan fingerprint density at radius 2 is 1.79 bits per heavy atom. The van der Waals surface area contributed by atoms with Crippen molar-refractivity contribution in [2.24, 2.45) is 0 Å². The summed E-state index contributed by atoms with van der Waals surface area (Å²) >= 11 is 0. The Labute approximate surface area is 170 Å². The standard InChI is InChI=1S/C22H27N3O4/c1-16(26)25-9-8-17-5-2-3-6-18(17)19(25)15-21(27)23-10-12-24(13-11-23)22(28)20-7-4-14-29-20/h2-3,5-6,8-9,19-20H,4,7,10-15H2,1H3. The second kappa shape index (κ2) is 8.37. The van der Waals surface area contributed by atoms with Gasteiger partial charge in [0.2, 0.25) is 11.8 Å². The van der Waals surface area contributed by atoms with E-state index in [-0.39, 0.29) is 36.3 Å². The number of amides is 3. The molecule has 3 aliphatic heterocycles. The molecule has 0 bridgehead atoms. The van der Waals surface area contributed by atoms with Crippen LogP contribution in [0.5, 0.6) is 0 Å². The first-order chi connectivity index (χ1) is 14.0. The Kier molecular flexibility index (Phi) is 5.67. The summed E-state index contributed by atoms with van der Waals surface area (Å²) in [6.45, 7) is 4.26. The molecule has 3 amide bonds. The molecule has 3 heterocycles. The van der Waals surface area contributed by atoms with Crippen LogP contribution in [0.25, 0.3) is 6.08 Å². The second-order valence-corrected chi connectivity index (χ2v) is 7.80. The number of hydrogen-bond acceptors (Lipinski definition) is 4. The van der Waals surface area contributed by atoms with Crippen molar-refractivity contribution in [2.45, 2.75) is 38.3 Å². The molecule has 1 aromatic carbocycles. The lowest BCUT2D eigenvalue weighted by Gasteiger charge is -2.38. The minimum absolute atomic E-state index is 0.00979. The molecule has 3 aliphatic rings. The third kappa shape index (κ3) is 4.05. The SMILES string of the molecule is CC(=O)N1C=Cc2ccccc2C1CC(=O)N1CCN(C(=O)C2CCCO2)CC1. The molecule has 1 aromatic rings. The van der Waals surface area contributed by atoms with E-state index in [1.165, 1.54) is 6.92 Å². The number of carbonyl (C=O) groups excluding carboxylic acids is 3. The van der Waals surface area contributed by atoms with E-state index in [2.05, 4.69) is 0 Å². The first-order valence-corrected chi connectivity index (χ1v) is 10.3. The number of fused-ring (bicyclic) bond motifs is 1. The van der Waals surface area contributed by atoms with Crippen LogP contribution < -0.4 is 0 Å². The molecule has 0 radical (unpaired) electrons. The summed E-state index contributed by atoms with van der Waals surface area (Å²) in [7, 11) is 0. The second-order valence-electron chi connectivity index (χ2n) is 7.80. The lowest BCUT2D eigenvalue weighted by atomic mass is 9.93. The van der Waals surface area contributed by atoms with Crippen LogP contribution >= 0.6 is 0 Å². The summed E-state index contributed by atoms with van der Waals surface area (Å²) in [5, 5.41) is 0. The first kappa shape index (κ1) is 19.6.